The third kappa shape index (κ3) is 6.22. The Labute approximate surface area is 247 Å². The summed E-state index contributed by atoms with van der Waals surface area (Å²) in [4.78, 5) is 39.6. The van der Waals surface area contributed by atoms with Crippen molar-refractivity contribution >= 4 is 68.1 Å². The predicted octanol–water partition coefficient (Wildman–Crippen LogP) is 6.48. The van der Waals surface area contributed by atoms with Gasteiger partial charge in [0, 0.05) is 16.8 Å². The predicted molar refractivity (Wildman–Crippen MR) is 155 cm³/mol. The largest absolute Gasteiger partial charge is 0.490 e. The molecule has 5 rings (SSSR count). The van der Waals surface area contributed by atoms with Crippen LogP contribution in [0.15, 0.2) is 64.0 Å². The van der Waals surface area contributed by atoms with Gasteiger partial charge in [0.05, 0.1) is 22.5 Å². The van der Waals surface area contributed by atoms with Gasteiger partial charge in [-0.1, -0.05) is 29.8 Å². The van der Waals surface area contributed by atoms with Crippen LogP contribution in [0.25, 0.3) is 6.08 Å². The number of nitrogens with zero attached hydrogens (tertiary/aromatic N) is 1. The molecule has 3 amide bonds. The van der Waals surface area contributed by atoms with E-state index in [1.807, 2.05) is 25.1 Å². The lowest BCUT2D eigenvalue weighted by Crippen LogP contribution is -2.27. The molecule has 0 atom stereocenters. The zero-order valence-corrected chi connectivity index (χ0v) is 24.2. The molecule has 206 valence electrons. The first kappa shape index (κ1) is 27.9. The second-order valence-corrected chi connectivity index (χ2v) is 10.8. The van der Waals surface area contributed by atoms with Gasteiger partial charge in [-0.15, -0.1) is 0 Å². The minimum absolute atomic E-state index is 0.0107. The van der Waals surface area contributed by atoms with Gasteiger partial charge in [-0.05, 0) is 82.2 Å². The number of hydrogen-bond donors (Lipinski definition) is 1. The standard InChI is InChI=1S/C28H22BrClN2O7S/c1-2-36-23-9-16(8-19(29)26(23)37-14-25(33)31-18-6-4-3-5-7-18)10-24-27(34)32(28(35)40-24)13-17-11-21-22(12-20(17)30)39-15-38-21/h3-12H,2,13-15H2,1H3,(H,31,33)/b24-10-. The number of halogens is 2. The maximum atomic E-state index is 13.2. The number of carbonyl (C=O) groups excluding carboxylic acids is 3. The van der Waals surface area contributed by atoms with Crippen molar-refractivity contribution in [2.45, 2.75) is 13.5 Å². The first-order valence-corrected chi connectivity index (χ1v) is 14.1. The average molecular weight is 646 g/mol. The summed E-state index contributed by atoms with van der Waals surface area (Å²) in [5.74, 6) is 0.962. The molecule has 2 aliphatic heterocycles. The topological polar surface area (TPSA) is 103 Å². The summed E-state index contributed by atoms with van der Waals surface area (Å²) in [5, 5.41) is 2.71. The first-order chi connectivity index (χ1) is 19.3. The average Bonchev–Trinajstić information content (AvgIpc) is 3.48. The summed E-state index contributed by atoms with van der Waals surface area (Å²) >= 11 is 10.7. The molecule has 1 fully saturated rings. The molecule has 9 nitrogen and oxygen atoms in total. The third-order valence-electron chi connectivity index (χ3n) is 5.78. The normalized spacial score (nSPS) is 15.1. The van der Waals surface area contributed by atoms with Gasteiger partial charge in [0.15, 0.2) is 29.6 Å². The Bertz CT molecular complexity index is 1520. The van der Waals surface area contributed by atoms with Gasteiger partial charge in [-0.25, -0.2) is 0 Å². The molecule has 3 aromatic carbocycles. The number of anilines is 1. The highest BCUT2D eigenvalue weighted by Crippen LogP contribution is 2.41. The highest BCUT2D eigenvalue weighted by molar-refractivity contribution is 9.10. The molecule has 0 aliphatic carbocycles. The van der Waals surface area contributed by atoms with E-state index < -0.39 is 11.1 Å². The monoisotopic (exact) mass is 644 g/mol. The van der Waals surface area contributed by atoms with Gasteiger partial charge in [0.25, 0.3) is 17.1 Å². The lowest BCUT2D eigenvalue weighted by Gasteiger charge is -2.15. The van der Waals surface area contributed by atoms with Crippen molar-refractivity contribution in [2.75, 3.05) is 25.3 Å². The molecule has 1 N–H and O–H groups in total. The number of thioether (sulfide) groups is 1. The van der Waals surface area contributed by atoms with E-state index in [0.29, 0.717) is 55.9 Å². The summed E-state index contributed by atoms with van der Waals surface area (Å²) in [6.45, 7) is 2.00. The number of benzene rings is 3. The van der Waals surface area contributed by atoms with Crippen molar-refractivity contribution in [3.63, 3.8) is 0 Å². The van der Waals surface area contributed by atoms with Gasteiger partial charge < -0.3 is 24.3 Å². The lowest BCUT2D eigenvalue weighted by molar-refractivity contribution is -0.123. The number of imide groups is 1. The van der Waals surface area contributed by atoms with Gasteiger partial charge in [0.1, 0.15) is 0 Å². The zero-order valence-electron chi connectivity index (χ0n) is 21.1. The van der Waals surface area contributed by atoms with E-state index in [2.05, 4.69) is 21.2 Å². The van der Waals surface area contributed by atoms with Crippen LogP contribution in [0.1, 0.15) is 18.1 Å². The van der Waals surface area contributed by atoms with Crippen LogP contribution in [0.5, 0.6) is 23.0 Å². The molecule has 2 heterocycles. The van der Waals surface area contributed by atoms with Crippen LogP contribution in [0.4, 0.5) is 10.5 Å². The molecule has 2 aliphatic rings. The Morgan fingerprint density at radius 1 is 1.12 bits per heavy atom. The molecule has 0 saturated carbocycles. The Morgan fingerprint density at radius 3 is 2.62 bits per heavy atom. The fourth-order valence-corrected chi connectivity index (χ4v) is 5.59. The van der Waals surface area contributed by atoms with E-state index in [4.69, 9.17) is 30.5 Å². The Kier molecular flexibility index (Phi) is 8.53. The van der Waals surface area contributed by atoms with Crippen molar-refractivity contribution in [1.29, 1.82) is 0 Å². The number of hydrogen-bond acceptors (Lipinski definition) is 8. The van der Waals surface area contributed by atoms with Crippen molar-refractivity contribution in [3.8, 4) is 23.0 Å². The number of carbonyl (C=O) groups is 3. The van der Waals surface area contributed by atoms with Gasteiger partial charge in [-0.2, -0.15) is 0 Å². The van der Waals surface area contributed by atoms with Crippen LogP contribution < -0.4 is 24.3 Å². The molecule has 0 radical (unpaired) electrons. The lowest BCUT2D eigenvalue weighted by atomic mass is 10.1. The third-order valence-corrected chi connectivity index (χ3v) is 7.63. The van der Waals surface area contributed by atoms with Crippen LogP contribution in [0.2, 0.25) is 5.02 Å². The molecule has 40 heavy (non-hydrogen) atoms. The number of rotatable bonds is 9. The van der Waals surface area contributed by atoms with Crippen molar-refractivity contribution in [1.82, 2.24) is 4.90 Å². The summed E-state index contributed by atoms with van der Waals surface area (Å²) in [5.41, 5.74) is 1.82. The van der Waals surface area contributed by atoms with Gasteiger partial charge in [0.2, 0.25) is 6.79 Å². The van der Waals surface area contributed by atoms with Gasteiger partial charge in [-0.3, -0.25) is 19.3 Å². The number of fused-ring (bicyclic) bond motifs is 1. The Balaban J connectivity index is 1.31. The maximum absolute atomic E-state index is 13.2. The molecule has 3 aromatic rings. The van der Waals surface area contributed by atoms with E-state index >= 15 is 0 Å². The number of para-hydroxylation sites is 1. The van der Waals surface area contributed by atoms with Crippen LogP contribution in [-0.2, 0) is 16.1 Å². The quantitative estimate of drug-likeness (QED) is 0.264. The summed E-state index contributed by atoms with van der Waals surface area (Å²) < 4.78 is 22.7. The van der Waals surface area contributed by atoms with Crippen LogP contribution in [0, 0.1) is 0 Å². The highest BCUT2D eigenvalue weighted by atomic mass is 79.9. The van der Waals surface area contributed by atoms with E-state index in [1.165, 1.54) is 0 Å². The van der Waals surface area contributed by atoms with E-state index in [1.54, 1.807) is 42.5 Å². The molecule has 0 spiro atoms. The molecular weight excluding hydrogens is 624 g/mol. The minimum atomic E-state index is -0.448. The van der Waals surface area contributed by atoms with Gasteiger partial charge >= 0.3 is 0 Å². The zero-order chi connectivity index (χ0) is 28.2. The van der Waals surface area contributed by atoms with Crippen LogP contribution >= 0.6 is 39.3 Å². The Morgan fingerprint density at radius 2 is 1.88 bits per heavy atom. The van der Waals surface area contributed by atoms with E-state index in [9.17, 15) is 14.4 Å². The second-order valence-electron chi connectivity index (χ2n) is 8.53. The summed E-state index contributed by atoms with van der Waals surface area (Å²) in [7, 11) is 0. The molecule has 12 heteroatoms. The first-order valence-electron chi connectivity index (χ1n) is 12.1. The Hall–Kier alpha value is -3.67. The molecule has 0 aromatic heterocycles. The number of nitrogens with one attached hydrogen (secondary N) is 1. The highest BCUT2D eigenvalue weighted by Gasteiger charge is 2.36. The fraction of sp³-hybridized carbons (Fsp3) is 0.179. The van der Waals surface area contributed by atoms with E-state index in [0.717, 1.165) is 16.7 Å². The van der Waals surface area contributed by atoms with Crippen molar-refractivity contribution in [2.24, 2.45) is 0 Å². The van der Waals surface area contributed by atoms with E-state index in [-0.39, 0.29) is 30.8 Å². The van der Waals surface area contributed by atoms with Crippen molar-refractivity contribution in [3.05, 3.63) is 80.1 Å². The van der Waals surface area contributed by atoms with Crippen LogP contribution in [-0.4, -0.2) is 42.0 Å². The minimum Gasteiger partial charge on any atom is -0.490 e. The molecule has 0 bridgehead atoms. The molecule has 1 saturated heterocycles. The second kappa shape index (κ2) is 12.2. The van der Waals surface area contributed by atoms with Crippen LogP contribution in [0.3, 0.4) is 0 Å². The number of amides is 3. The summed E-state index contributed by atoms with van der Waals surface area (Å²) in [6, 6.07) is 15.7. The molecular formula is C28H22BrClN2O7S. The van der Waals surface area contributed by atoms with Crippen molar-refractivity contribution < 1.29 is 33.3 Å². The SMILES string of the molecule is CCOc1cc(/C=C2\SC(=O)N(Cc3cc4c(cc3Cl)OCO4)C2=O)cc(Br)c1OCC(=O)Nc1ccccc1. The number of ether oxygens (including phenoxy) is 4. The molecule has 0 unspecified atom stereocenters. The maximum Gasteiger partial charge on any atom is 0.293 e. The fourth-order valence-electron chi connectivity index (χ4n) is 3.97. The smallest absolute Gasteiger partial charge is 0.293 e. The summed E-state index contributed by atoms with van der Waals surface area (Å²) in [6.07, 6.45) is 1.60.